The zero-order valence-corrected chi connectivity index (χ0v) is 10.8. The quantitative estimate of drug-likeness (QED) is 0.508. The number of aromatic nitrogens is 2. The van der Waals surface area contributed by atoms with Crippen molar-refractivity contribution in [3.8, 4) is 11.4 Å². The number of nitrogens with two attached hydrogens (primary N) is 1. The fourth-order valence-corrected chi connectivity index (χ4v) is 2.61. The van der Waals surface area contributed by atoms with Crippen LogP contribution in [0.2, 0.25) is 0 Å². The highest BCUT2D eigenvalue weighted by molar-refractivity contribution is 5.97. The summed E-state index contributed by atoms with van der Waals surface area (Å²) >= 11 is 0. The van der Waals surface area contributed by atoms with Crippen molar-refractivity contribution >= 4 is 27.5 Å². The van der Waals surface area contributed by atoms with Crippen molar-refractivity contribution in [3.05, 3.63) is 60.7 Å². The van der Waals surface area contributed by atoms with E-state index in [2.05, 4.69) is 34.2 Å². The van der Waals surface area contributed by atoms with Crippen LogP contribution in [0.5, 0.6) is 0 Å². The molecule has 0 radical (unpaired) electrons. The summed E-state index contributed by atoms with van der Waals surface area (Å²) in [6, 6.07) is 20.3. The van der Waals surface area contributed by atoms with Crippen LogP contribution < -0.4 is 5.73 Å². The molecule has 0 unspecified atom stereocenters. The van der Waals surface area contributed by atoms with Gasteiger partial charge in [-0.1, -0.05) is 48.5 Å². The van der Waals surface area contributed by atoms with Crippen molar-refractivity contribution in [2.75, 3.05) is 5.73 Å². The molecule has 1 aromatic heterocycles. The first-order valence-corrected chi connectivity index (χ1v) is 6.55. The molecule has 4 aromatic rings. The molecule has 3 aromatic carbocycles. The lowest BCUT2D eigenvalue weighted by atomic mass is 10.0. The zero-order valence-electron chi connectivity index (χ0n) is 10.8. The van der Waals surface area contributed by atoms with Gasteiger partial charge in [0.2, 0.25) is 0 Å². The third-order valence-electron chi connectivity index (χ3n) is 3.59. The predicted molar refractivity (Wildman–Crippen MR) is 83.4 cm³/mol. The number of fused-ring (bicyclic) bond motifs is 2. The minimum atomic E-state index is 0.699. The van der Waals surface area contributed by atoms with E-state index in [9.17, 15) is 0 Å². The van der Waals surface area contributed by atoms with Crippen LogP contribution in [0.3, 0.4) is 0 Å². The largest absolute Gasteiger partial charge is 0.397 e. The number of nitrogens with zero attached hydrogens (tertiary/aromatic N) is 1. The van der Waals surface area contributed by atoms with Gasteiger partial charge in [0.25, 0.3) is 0 Å². The summed E-state index contributed by atoms with van der Waals surface area (Å²) in [5.41, 5.74) is 9.57. The number of hydrogen-bond acceptors (Lipinski definition) is 2. The van der Waals surface area contributed by atoms with Crippen LogP contribution in [0, 0.1) is 0 Å². The molecular formula is C17H13N3. The van der Waals surface area contributed by atoms with Crippen molar-refractivity contribution in [2.45, 2.75) is 0 Å². The Hall–Kier alpha value is -2.81. The van der Waals surface area contributed by atoms with Crippen LogP contribution in [0.15, 0.2) is 60.7 Å². The van der Waals surface area contributed by atoms with Gasteiger partial charge >= 0.3 is 0 Å². The molecular weight excluding hydrogens is 246 g/mol. The summed E-state index contributed by atoms with van der Waals surface area (Å²) in [6.07, 6.45) is 0. The Bertz CT molecular complexity index is 916. The molecule has 0 aliphatic carbocycles. The molecule has 0 bridgehead atoms. The molecule has 3 N–H and O–H groups in total. The first kappa shape index (κ1) is 11.1. The van der Waals surface area contributed by atoms with E-state index in [4.69, 9.17) is 5.73 Å². The van der Waals surface area contributed by atoms with Gasteiger partial charge in [-0.3, -0.25) is 0 Å². The van der Waals surface area contributed by atoms with Gasteiger partial charge in [0.1, 0.15) is 11.3 Å². The molecule has 0 saturated heterocycles. The van der Waals surface area contributed by atoms with E-state index in [1.54, 1.807) is 0 Å². The fraction of sp³-hybridized carbons (Fsp3) is 0. The lowest BCUT2D eigenvalue weighted by Crippen LogP contribution is -1.85. The lowest BCUT2D eigenvalue weighted by Gasteiger charge is -2.03. The van der Waals surface area contributed by atoms with Gasteiger partial charge < -0.3 is 10.7 Å². The van der Waals surface area contributed by atoms with E-state index < -0.39 is 0 Å². The maximum absolute atomic E-state index is 5.98. The monoisotopic (exact) mass is 259 g/mol. The highest BCUT2D eigenvalue weighted by Crippen LogP contribution is 2.29. The summed E-state index contributed by atoms with van der Waals surface area (Å²) < 4.78 is 0. The highest BCUT2D eigenvalue weighted by Gasteiger charge is 2.09. The van der Waals surface area contributed by atoms with E-state index >= 15 is 0 Å². The molecule has 0 amide bonds. The highest BCUT2D eigenvalue weighted by atomic mass is 14.9. The number of nitrogen functional groups attached to an aromatic ring is 1. The number of aromatic amines is 1. The zero-order chi connectivity index (χ0) is 13.5. The maximum Gasteiger partial charge on any atom is 0.139 e. The summed E-state index contributed by atoms with van der Waals surface area (Å²) in [6.45, 7) is 0. The van der Waals surface area contributed by atoms with Crippen molar-refractivity contribution in [1.29, 1.82) is 0 Å². The van der Waals surface area contributed by atoms with Crippen molar-refractivity contribution < 1.29 is 0 Å². The fourth-order valence-electron chi connectivity index (χ4n) is 2.61. The first-order valence-electron chi connectivity index (χ1n) is 6.55. The average molecular weight is 259 g/mol. The molecule has 0 spiro atoms. The topological polar surface area (TPSA) is 54.7 Å². The van der Waals surface area contributed by atoms with E-state index in [-0.39, 0.29) is 0 Å². The van der Waals surface area contributed by atoms with Gasteiger partial charge in [-0.25, -0.2) is 4.98 Å². The first-order chi connectivity index (χ1) is 9.83. The second kappa shape index (κ2) is 4.10. The number of nitrogens with one attached hydrogen (secondary N) is 1. The molecule has 3 nitrogen and oxygen atoms in total. The number of imidazole rings is 1. The molecule has 0 aliphatic rings. The third-order valence-corrected chi connectivity index (χ3v) is 3.59. The Morgan fingerprint density at radius 3 is 2.55 bits per heavy atom. The normalized spacial score (nSPS) is 11.2. The van der Waals surface area contributed by atoms with E-state index in [1.807, 2.05) is 36.4 Å². The molecule has 0 atom stereocenters. The average Bonchev–Trinajstić information content (AvgIpc) is 2.92. The summed E-state index contributed by atoms with van der Waals surface area (Å²) in [7, 11) is 0. The smallest absolute Gasteiger partial charge is 0.139 e. The SMILES string of the molecule is Nc1cccc2[nH]c(-c3cccc4ccccc34)nc12. The Morgan fingerprint density at radius 2 is 1.65 bits per heavy atom. The van der Waals surface area contributed by atoms with Gasteiger partial charge in [-0.05, 0) is 22.9 Å². The second-order valence-corrected chi connectivity index (χ2v) is 4.86. The van der Waals surface area contributed by atoms with E-state index in [0.717, 1.165) is 22.4 Å². The summed E-state index contributed by atoms with van der Waals surface area (Å²) in [5, 5.41) is 2.39. The van der Waals surface area contributed by atoms with Gasteiger partial charge in [0, 0.05) is 5.56 Å². The van der Waals surface area contributed by atoms with Crippen LogP contribution in [-0.4, -0.2) is 9.97 Å². The number of rotatable bonds is 1. The molecule has 0 fully saturated rings. The molecule has 0 saturated carbocycles. The number of H-pyrrole nitrogens is 1. The molecule has 4 rings (SSSR count). The van der Waals surface area contributed by atoms with E-state index in [1.165, 1.54) is 10.8 Å². The Morgan fingerprint density at radius 1 is 0.850 bits per heavy atom. The third kappa shape index (κ3) is 1.57. The minimum absolute atomic E-state index is 0.699. The number of benzene rings is 3. The lowest BCUT2D eigenvalue weighted by molar-refractivity contribution is 1.35. The molecule has 20 heavy (non-hydrogen) atoms. The molecule has 3 heteroatoms. The van der Waals surface area contributed by atoms with Crippen LogP contribution in [-0.2, 0) is 0 Å². The van der Waals surface area contributed by atoms with Gasteiger partial charge in [-0.2, -0.15) is 0 Å². The molecule has 1 heterocycles. The standard InChI is InChI=1S/C17H13N3/c18-14-9-4-10-15-16(14)20-17(19-15)13-8-3-6-11-5-1-2-7-12(11)13/h1-10H,18H2,(H,19,20). The number of hydrogen-bond donors (Lipinski definition) is 2. The Labute approximate surface area is 116 Å². The van der Waals surface area contributed by atoms with Gasteiger partial charge in [0.15, 0.2) is 0 Å². The Kier molecular flexibility index (Phi) is 2.27. The van der Waals surface area contributed by atoms with E-state index in [0.29, 0.717) is 5.69 Å². The Balaban J connectivity index is 2.04. The number of para-hydroxylation sites is 1. The van der Waals surface area contributed by atoms with Crippen LogP contribution in [0.4, 0.5) is 5.69 Å². The minimum Gasteiger partial charge on any atom is -0.397 e. The van der Waals surface area contributed by atoms with Crippen LogP contribution >= 0.6 is 0 Å². The second-order valence-electron chi connectivity index (χ2n) is 4.86. The van der Waals surface area contributed by atoms with Crippen molar-refractivity contribution in [3.63, 3.8) is 0 Å². The molecule has 0 aliphatic heterocycles. The van der Waals surface area contributed by atoms with Crippen molar-refractivity contribution in [2.24, 2.45) is 0 Å². The predicted octanol–water partition coefficient (Wildman–Crippen LogP) is 3.97. The van der Waals surface area contributed by atoms with Crippen LogP contribution in [0.25, 0.3) is 33.2 Å². The van der Waals surface area contributed by atoms with Crippen LogP contribution in [0.1, 0.15) is 0 Å². The summed E-state index contributed by atoms with van der Waals surface area (Å²) in [5.74, 6) is 0.856. The number of anilines is 1. The summed E-state index contributed by atoms with van der Waals surface area (Å²) in [4.78, 5) is 8.01. The van der Waals surface area contributed by atoms with Gasteiger partial charge in [0.05, 0.1) is 11.2 Å². The maximum atomic E-state index is 5.98. The van der Waals surface area contributed by atoms with Gasteiger partial charge in [-0.15, -0.1) is 0 Å². The van der Waals surface area contributed by atoms with Crippen molar-refractivity contribution in [1.82, 2.24) is 9.97 Å². The molecule has 96 valence electrons.